The third-order valence-corrected chi connectivity index (χ3v) is 8.70. The van der Waals surface area contributed by atoms with Gasteiger partial charge in [0.05, 0.1) is 16.8 Å². The van der Waals surface area contributed by atoms with Crippen molar-refractivity contribution < 1.29 is 22.9 Å². The van der Waals surface area contributed by atoms with E-state index in [1.54, 1.807) is 17.8 Å². The van der Waals surface area contributed by atoms with Crippen LogP contribution in [0.4, 0.5) is 19.0 Å². The summed E-state index contributed by atoms with van der Waals surface area (Å²) in [5.74, 6) is 0.679. The summed E-state index contributed by atoms with van der Waals surface area (Å²) in [7, 11) is 0. The van der Waals surface area contributed by atoms with Crippen LogP contribution in [0.25, 0.3) is 0 Å². The fraction of sp³-hybridized carbons (Fsp3) is 0.696. The summed E-state index contributed by atoms with van der Waals surface area (Å²) in [5, 5.41) is 22.2. The van der Waals surface area contributed by atoms with E-state index in [1.807, 2.05) is 0 Å². The minimum atomic E-state index is -4.48. The van der Waals surface area contributed by atoms with Crippen LogP contribution in [-0.4, -0.2) is 36.9 Å². The molecule has 2 unspecified atom stereocenters. The lowest BCUT2D eigenvalue weighted by molar-refractivity contribution is -0.390. The molecule has 9 nitrogen and oxygen atoms in total. The number of carbonyl (C=O) groups excluding carboxylic acids is 1. The third-order valence-electron chi connectivity index (χ3n) is 8.14. The van der Waals surface area contributed by atoms with Gasteiger partial charge in [-0.1, -0.05) is 0 Å². The molecule has 2 aromatic rings. The molecule has 6 rings (SSSR count). The molecule has 4 aliphatic carbocycles. The van der Waals surface area contributed by atoms with Gasteiger partial charge in [-0.25, -0.2) is 0 Å². The second-order valence-electron chi connectivity index (χ2n) is 11.0. The van der Waals surface area contributed by atoms with Crippen LogP contribution < -0.4 is 5.32 Å². The van der Waals surface area contributed by atoms with E-state index < -0.39 is 16.8 Å². The number of rotatable bonds is 8. The lowest BCUT2D eigenvalue weighted by atomic mass is 9.46. The maximum atomic E-state index is 12.9. The van der Waals surface area contributed by atoms with Gasteiger partial charge in [0.15, 0.2) is 5.69 Å². The van der Waals surface area contributed by atoms with Gasteiger partial charge in [0.25, 0.3) is 0 Å². The summed E-state index contributed by atoms with van der Waals surface area (Å²) in [5.41, 5.74) is -0.955. The van der Waals surface area contributed by atoms with Crippen molar-refractivity contribution in [2.75, 3.05) is 6.54 Å². The van der Waals surface area contributed by atoms with E-state index in [4.69, 9.17) is 0 Å². The molecule has 36 heavy (non-hydrogen) atoms. The first kappa shape index (κ1) is 25.2. The highest BCUT2D eigenvalue weighted by Gasteiger charge is 2.60. The van der Waals surface area contributed by atoms with Crippen molar-refractivity contribution in [3.63, 3.8) is 0 Å². The average Bonchev–Trinajstić information content (AvgIpc) is 3.33. The minimum Gasteiger partial charge on any atom is -0.358 e. The molecule has 13 heteroatoms. The number of halogens is 4. The van der Waals surface area contributed by atoms with Gasteiger partial charge in [-0.3, -0.25) is 9.48 Å². The van der Waals surface area contributed by atoms with Gasteiger partial charge in [0.2, 0.25) is 5.91 Å². The predicted octanol–water partition coefficient (Wildman–Crippen LogP) is 4.97. The second kappa shape index (κ2) is 8.84. The molecular weight excluding hydrogens is 545 g/mol. The molecule has 4 bridgehead atoms. The van der Waals surface area contributed by atoms with Crippen molar-refractivity contribution in [2.45, 2.75) is 76.6 Å². The maximum absolute atomic E-state index is 12.9. The lowest BCUT2D eigenvalue weighted by Gasteiger charge is -2.61. The van der Waals surface area contributed by atoms with Gasteiger partial charge in [0.1, 0.15) is 4.47 Å². The molecule has 1 amide bonds. The van der Waals surface area contributed by atoms with Gasteiger partial charge < -0.3 is 15.4 Å². The normalized spacial score (nSPS) is 29.0. The first-order valence-electron chi connectivity index (χ1n) is 12.2. The quantitative estimate of drug-likeness (QED) is 0.273. The molecule has 196 valence electrons. The Morgan fingerprint density at radius 1 is 1.28 bits per heavy atom. The summed E-state index contributed by atoms with van der Waals surface area (Å²) in [6.07, 6.45) is 3.74. The van der Waals surface area contributed by atoms with E-state index in [1.165, 1.54) is 4.68 Å². The zero-order valence-corrected chi connectivity index (χ0v) is 21.4. The number of hydrogen-bond donors (Lipinski definition) is 1. The molecule has 0 aliphatic heterocycles. The SMILES string of the molecule is Cc1cc(C(F)(F)F)nn1CCCNC(=O)CC12CC3CC(C1)CC(n1cc(Br)c([N+](=O)[O-])n1)(C3)C2. The van der Waals surface area contributed by atoms with Gasteiger partial charge in [-0.05, 0) is 96.0 Å². The smallest absolute Gasteiger partial charge is 0.358 e. The second-order valence-corrected chi connectivity index (χ2v) is 11.8. The molecule has 0 radical (unpaired) electrons. The number of alkyl halides is 3. The molecule has 0 saturated heterocycles. The van der Waals surface area contributed by atoms with Gasteiger partial charge in [0, 0.05) is 25.2 Å². The monoisotopic (exact) mass is 572 g/mol. The summed E-state index contributed by atoms with van der Waals surface area (Å²) < 4.78 is 42.0. The molecule has 0 spiro atoms. The number of aromatic nitrogens is 4. The molecule has 4 saturated carbocycles. The van der Waals surface area contributed by atoms with Crippen LogP contribution in [0, 0.1) is 34.3 Å². The van der Waals surface area contributed by atoms with Crippen molar-refractivity contribution in [1.82, 2.24) is 24.9 Å². The molecule has 2 atom stereocenters. The highest BCUT2D eigenvalue weighted by atomic mass is 79.9. The maximum Gasteiger partial charge on any atom is 0.435 e. The van der Waals surface area contributed by atoms with Crippen LogP contribution in [0.15, 0.2) is 16.7 Å². The van der Waals surface area contributed by atoms with Crippen molar-refractivity contribution >= 4 is 27.7 Å². The van der Waals surface area contributed by atoms with Crippen LogP contribution in [0.2, 0.25) is 0 Å². The highest BCUT2D eigenvalue weighted by molar-refractivity contribution is 9.10. The number of hydrogen-bond acceptors (Lipinski definition) is 5. The lowest BCUT2D eigenvalue weighted by Crippen LogP contribution is -2.57. The Bertz CT molecular complexity index is 1180. The number of aryl methyl sites for hydroxylation is 2. The Hall–Kier alpha value is -2.44. The van der Waals surface area contributed by atoms with Gasteiger partial charge in [-0.2, -0.15) is 23.0 Å². The zero-order valence-electron chi connectivity index (χ0n) is 19.9. The van der Waals surface area contributed by atoms with Crippen LogP contribution in [0.5, 0.6) is 0 Å². The fourth-order valence-corrected chi connectivity index (χ4v) is 7.74. The number of nitrogens with one attached hydrogen (secondary N) is 1. The van der Waals surface area contributed by atoms with E-state index >= 15 is 0 Å². The number of carbonyl (C=O) groups is 1. The first-order chi connectivity index (χ1) is 16.9. The fourth-order valence-electron chi connectivity index (χ4n) is 7.32. The molecule has 4 aliphatic rings. The van der Waals surface area contributed by atoms with Crippen LogP contribution in [0.1, 0.15) is 62.8 Å². The van der Waals surface area contributed by atoms with E-state index in [0.29, 0.717) is 41.4 Å². The molecule has 1 N–H and O–H groups in total. The zero-order chi connectivity index (χ0) is 25.9. The predicted molar refractivity (Wildman–Crippen MR) is 126 cm³/mol. The standard InChI is InChI=1S/C23H28BrF3N6O3/c1-14-5-18(23(25,26)27)29-31(14)4-2-3-28-19(34)11-21-7-15-6-16(8-21)10-22(9-15,13-21)32-12-17(24)20(30-32)33(35)36/h5,12,15-16H,2-4,6-11,13H2,1H3,(H,28,34). The van der Waals surface area contributed by atoms with Crippen molar-refractivity contribution in [3.05, 3.63) is 38.2 Å². The van der Waals surface area contributed by atoms with E-state index in [2.05, 4.69) is 31.4 Å². The van der Waals surface area contributed by atoms with Gasteiger partial charge >= 0.3 is 12.0 Å². The number of nitro groups is 1. The van der Waals surface area contributed by atoms with Crippen molar-refractivity contribution in [1.29, 1.82) is 0 Å². The Morgan fingerprint density at radius 2 is 1.97 bits per heavy atom. The Labute approximate surface area is 214 Å². The Kier molecular flexibility index (Phi) is 6.19. The first-order valence-corrected chi connectivity index (χ1v) is 13.0. The Morgan fingerprint density at radius 3 is 2.56 bits per heavy atom. The number of nitrogens with zero attached hydrogens (tertiary/aromatic N) is 5. The average molecular weight is 573 g/mol. The highest BCUT2D eigenvalue weighted by Crippen LogP contribution is 2.65. The van der Waals surface area contributed by atoms with E-state index in [-0.39, 0.29) is 29.2 Å². The summed E-state index contributed by atoms with van der Waals surface area (Å²) in [6.45, 7) is 2.22. The van der Waals surface area contributed by atoms with Crippen LogP contribution >= 0.6 is 15.9 Å². The molecular formula is C23H28BrF3N6O3. The van der Waals surface area contributed by atoms with Crippen molar-refractivity contribution in [3.8, 4) is 0 Å². The summed E-state index contributed by atoms with van der Waals surface area (Å²) in [4.78, 5) is 23.8. The summed E-state index contributed by atoms with van der Waals surface area (Å²) in [6, 6.07) is 1.02. The van der Waals surface area contributed by atoms with Crippen molar-refractivity contribution in [2.24, 2.45) is 17.3 Å². The third kappa shape index (κ3) is 4.66. The van der Waals surface area contributed by atoms with Crippen LogP contribution in [0.3, 0.4) is 0 Å². The van der Waals surface area contributed by atoms with E-state index in [0.717, 1.165) is 44.6 Å². The van der Waals surface area contributed by atoms with Crippen LogP contribution in [-0.2, 0) is 23.1 Å². The topological polar surface area (TPSA) is 108 Å². The summed E-state index contributed by atoms with van der Waals surface area (Å²) >= 11 is 3.27. The minimum absolute atomic E-state index is 0.0621. The molecule has 2 aromatic heterocycles. The number of amides is 1. The molecule has 0 aromatic carbocycles. The van der Waals surface area contributed by atoms with E-state index in [9.17, 15) is 28.1 Å². The molecule has 4 fully saturated rings. The largest absolute Gasteiger partial charge is 0.435 e. The Balaban J connectivity index is 1.21. The molecule has 2 heterocycles. The van der Waals surface area contributed by atoms with Gasteiger partial charge in [-0.15, -0.1) is 0 Å².